The van der Waals surface area contributed by atoms with Crippen LogP contribution in [0.3, 0.4) is 0 Å². The van der Waals surface area contributed by atoms with Crippen molar-refractivity contribution >= 4 is 32.9 Å². The summed E-state index contributed by atoms with van der Waals surface area (Å²) in [6, 6.07) is 10.1. The summed E-state index contributed by atoms with van der Waals surface area (Å²) in [7, 11) is 1.25. The minimum atomic E-state index is -0.976. The molecule has 124 valence electrons. The minimum Gasteiger partial charge on any atom is -0.471 e. The van der Waals surface area contributed by atoms with Crippen molar-refractivity contribution in [1.29, 1.82) is 0 Å². The number of carbonyl (C=O) groups is 1. The van der Waals surface area contributed by atoms with Crippen LogP contribution in [0, 0.1) is 0 Å². The molecule has 0 saturated carbocycles. The van der Waals surface area contributed by atoms with Gasteiger partial charge in [-0.15, -0.1) is 0 Å². The normalized spacial score (nSPS) is 12.1. The molecule has 6 nitrogen and oxygen atoms in total. The molecule has 3 rings (SSSR count). The molecule has 0 N–H and O–H groups in total. The number of methoxy groups -OCH3 is 1. The van der Waals surface area contributed by atoms with Gasteiger partial charge in [-0.05, 0) is 47.1 Å². The van der Waals surface area contributed by atoms with Gasteiger partial charge in [0.25, 0.3) is 0 Å². The van der Waals surface area contributed by atoms with Gasteiger partial charge >= 0.3 is 5.97 Å². The zero-order valence-electron chi connectivity index (χ0n) is 12.9. The zero-order valence-corrected chi connectivity index (χ0v) is 14.5. The Balaban J connectivity index is 2.22. The third kappa shape index (κ3) is 2.94. The zero-order chi connectivity index (χ0) is 17.3. The van der Waals surface area contributed by atoms with E-state index in [1.54, 1.807) is 36.4 Å². The van der Waals surface area contributed by atoms with E-state index < -0.39 is 17.5 Å². The van der Waals surface area contributed by atoms with Crippen LogP contribution < -0.4 is 10.2 Å². The maximum Gasteiger partial charge on any atom is 0.346 e. The Labute approximate surface area is 145 Å². The Morgan fingerprint density at radius 2 is 1.92 bits per heavy atom. The second kappa shape index (κ2) is 6.52. The monoisotopic (exact) mass is 392 g/mol. The molecule has 0 unspecified atom stereocenters. The van der Waals surface area contributed by atoms with Crippen LogP contribution in [0.1, 0.15) is 6.92 Å². The quantitative estimate of drug-likeness (QED) is 0.629. The van der Waals surface area contributed by atoms with Gasteiger partial charge in [0.1, 0.15) is 5.58 Å². The van der Waals surface area contributed by atoms with Crippen molar-refractivity contribution in [3.63, 3.8) is 0 Å². The van der Waals surface area contributed by atoms with Gasteiger partial charge in [0.2, 0.25) is 16.9 Å². The van der Waals surface area contributed by atoms with Crippen LogP contribution >= 0.6 is 15.9 Å². The van der Waals surface area contributed by atoms with Crippen LogP contribution in [0.25, 0.3) is 22.5 Å². The number of carbonyl (C=O) groups excluding carboxylic acids is 1. The van der Waals surface area contributed by atoms with E-state index in [-0.39, 0.29) is 11.5 Å². The predicted molar refractivity (Wildman–Crippen MR) is 90.0 cm³/mol. The van der Waals surface area contributed by atoms with E-state index in [0.717, 1.165) is 0 Å². The number of ether oxygens (including phenoxy) is 2. The van der Waals surface area contributed by atoms with Crippen molar-refractivity contribution in [1.82, 2.24) is 0 Å². The molecule has 7 heteroatoms. The average Bonchev–Trinajstić information content (AvgIpc) is 3.02. The maximum atomic E-state index is 12.8. The van der Waals surface area contributed by atoms with Crippen LogP contribution in [-0.2, 0) is 9.53 Å². The molecular formula is C17H13BrO6. The van der Waals surface area contributed by atoms with Gasteiger partial charge in [-0.3, -0.25) is 4.79 Å². The number of fused-ring (bicyclic) bond motifs is 1. The first-order valence-electron chi connectivity index (χ1n) is 7.07. The number of para-hydroxylation sites is 1. The number of rotatable bonds is 4. The fourth-order valence-corrected chi connectivity index (χ4v) is 2.53. The molecule has 0 spiro atoms. The lowest BCUT2D eigenvalue weighted by Gasteiger charge is -2.14. The van der Waals surface area contributed by atoms with Gasteiger partial charge in [-0.25, -0.2) is 4.79 Å². The van der Waals surface area contributed by atoms with Crippen LogP contribution in [0.5, 0.6) is 5.75 Å². The van der Waals surface area contributed by atoms with Gasteiger partial charge in [0.05, 0.1) is 12.5 Å². The van der Waals surface area contributed by atoms with Crippen LogP contribution in [0.15, 0.2) is 54.7 Å². The molecular weight excluding hydrogens is 380 g/mol. The summed E-state index contributed by atoms with van der Waals surface area (Å²) in [5.41, 5.74) is -0.00165. The summed E-state index contributed by atoms with van der Waals surface area (Å²) in [5.74, 6) is -0.292. The molecule has 0 bridgehead atoms. The summed E-state index contributed by atoms with van der Waals surface area (Å²) >= 11 is 3.21. The average molecular weight is 393 g/mol. The highest BCUT2D eigenvalue weighted by Gasteiger charge is 2.24. The number of halogens is 1. The van der Waals surface area contributed by atoms with E-state index >= 15 is 0 Å². The molecule has 1 aromatic carbocycles. The third-order valence-corrected chi connectivity index (χ3v) is 3.81. The van der Waals surface area contributed by atoms with Crippen LogP contribution in [-0.4, -0.2) is 19.2 Å². The largest absolute Gasteiger partial charge is 0.471 e. The summed E-state index contributed by atoms with van der Waals surface area (Å²) in [4.78, 5) is 24.4. The van der Waals surface area contributed by atoms with E-state index in [0.29, 0.717) is 21.4 Å². The molecule has 3 aromatic rings. The topological polar surface area (TPSA) is 78.9 Å². The molecule has 0 aliphatic heterocycles. The minimum absolute atomic E-state index is 0.103. The van der Waals surface area contributed by atoms with Crippen LogP contribution in [0.4, 0.5) is 0 Å². The molecule has 2 heterocycles. The molecule has 0 fully saturated rings. The van der Waals surface area contributed by atoms with Crippen molar-refractivity contribution in [3.05, 3.63) is 51.3 Å². The van der Waals surface area contributed by atoms with Crippen LogP contribution in [0.2, 0.25) is 0 Å². The third-order valence-electron chi connectivity index (χ3n) is 3.38. The van der Waals surface area contributed by atoms with Gasteiger partial charge in [-0.2, -0.15) is 0 Å². The van der Waals surface area contributed by atoms with E-state index in [1.807, 2.05) is 0 Å². The lowest BCUT2D eigenvalue weighted by molar-refractivity contribution is -0.147. The van der Waals surface area contributed by atoms with Crippen molar-refractivity contribution in [2.75, 3.05) is 7.11 Å². The van der Waals surface area contributed by atoms with Gasteiger partial charge in [-0.1, -0.05) is 12.1 Å². The molecule has 0 radical (unpaired) electrons. The fraction of sp³-hybridized carbons (Fsp3) is 0.176. The second-order valence-corrected chi connectivity index (χ2v) is 5.75. The Morgan fingerprint density at radius 1 is 1.17 bits per heavy atom. The highest BCUT2D eigenvalue weighted by molar-refractivity contribution is 9.10. The first-order valence-corrected chi connectivity index (χ1v) is 7.86. The highest BCUT2D eigenvalue weighted by Crippen LogP contribution is 2.33. The number of esters is 1. The first kappa shape index (κ1) is 16.3. The molecule has 2 aromatic heterocycles. The predicted octanol–water partition coefficient (Wildman–Crippen LogP) is 3.76. The van der Waals surface area contributed by atoms with E-state index in [9.17, 15) is 9.59 Å². The lowest BCUT2D eigenvalue weighted by atomic mass is 10.2. The van der Waals surface area contributed by atoms with Crippen molar-refractivity contribution in [3.8, 4) is 17.3 Å². The summed E-state index contributed by atoms with van der Waals surface area (Å²) in [6.45, 7) is 1.49. The Bertz CT molecular complexity index is 955. The summed E-state index contributed by atoms with van der Waals surface area (Å²) in [6.07, 6.45) is -0.976. The Hall–Kier alpha value is -2.54. The Morgan fingerprint density at radius 3 is 2.58 bits per heavy atom. The number of furan rings is 1. The van der Waals surface area contributed by atoms with E-state index in [2.05, 4.69) is 20.7 Å². The number of hydrogen-bond acceptors (Lipinski definition) is 6. The smallest absolute Gasteiger partial charge is 0.346 e. The second-order valence-electron chi connectivity index (χ2n) is 4.97. The van der Waals surface area contributed by atoms with Gasteiger partial charge < -0.3 is 18.3 Å². The van der Waals surface area contributed by atoms with Crippen molar-refractivity contribution in [2.45, 2.75) is 13.0 Å². The van der Waals surface area contributed by atoms with E-state index in [4.69, 9.17) is 13.6 Å². The standard InChI is InChI=1S/C17H13BrO6/c1-9(17(20)21-2)22-16-14(19)10-5-3-4-6-11(10)24-15(16)12-7-8-13(18)23-12/h3-9H,1-2H3/t9-/m0/s1. The molecule has 0 aliphatic carbocycles. The van der Waals surface area contributed by atoms with Crippen molar-refractivity contribution in [2.24, 2.45) is 0 Å². The molecule has 0 aliphatic rings. The summed E-state index contributed by atoms with van der Waals surface area (Å²) < 4.78 is 21.9. The van der Waals surface area contributed by atoms with Gasteiger partial charge in [0, 0.05) is 0 Å². The number of hydrogen-bond donors (Lipinski definition) is 0. The highest BCUT2D eigenvalue weighted by atomic mass is 79.9. The first-order chi connectivity index (χ1) is 11.5. The Kier molecular flexibility index (Phi) is 4.44. The van der Waals surface area contributed by atoms with Gasteiger partial charge in [0.15, 0.2) is 16.5 Å². The van der Waals surface area contributed by atoms with Crippen molar-refractivity contribution < 1.29 is 23.1 Å². The molecule has 0 amide bonds. The number of benzene rings is 1. The molecule has 0 saturated heterocycles. The fourth-order valence-electron chi connectivity index (χ4n) is 2.22. The summed E-state index contributed by atoms with van der Waals surface area (Å²) in [5, 5.41) is 0.346. The maximum absolute atomic E-state index is 12.8. The SMILES string of the molecule is COC(=O)[C@H](C)Oc1c(-c2ccc(Br)o2)oc2ccccc2c1=O. The molecule has 1 atom stereocenters. The van der Waals surface area contributed by atoms with E-state index in [1.165, 1.54) is 14.0 Å². The molecule has 24 heavy (non-hydrogen) atoms. The lowest BCUT2D eigenvalue weighted by Crippen LogP contribution is -2.27.